The van der Waals surface area contributed by atoms with Crippen LogP contribution in [0.25, 0.3) is 6.08 Å². The molecule has 1 rings (SSSR count). The molecule has 0 bridgehead atoms. The summed E-state index contributed by atoms with van der Waals surface area (Å²) < 4.78 is 13.3. The topological polar surface area (TPSA) is 29.1 Å². The molecule has 0 saturated heterocycles. The summed E-state index contributed by atoms with van der Waals surface area (Å²) in [4.78, 5) is 11.2. The zero-order chi connectivity index (χ0) is 12.0. The molecule has 1 aromatic rings. The first kappa shape index (κ1) is 12.7. The summed E-state index contributed by atoms with van der Waals surface area (Å²) in [6.07, 6.45) is 3.52. The van der Waals surface area contributed by atoms with Gasteiger partial charge in [-0.05, 0) is 24.6 Å². The van der Waals surface area contributed by atoms with Crippen molar-refractivity contribution in [3.8, 4) is 0 Å². The molecule has 0 aromatic heterocycles. The molecule has 0 saturated carbocycles. The van der Waals surface area contributed by atoms with Crippen LogP contribution in [0.5, 0.6) is 0 Å². The molecule has 16 heavy (non-hydrogen) atoms. The van der Waals surface area contributed by atoms with E-state index < -0.39 is 5.82 Å². The molecule has 4 heteroatoms. The van der Waals surface area contributed by atoms with Crippen molar-refractivity contribution in [2.24, 2.45) is 0 Å². The van der Waals surface area contributed by atoms with E-state index in [2.05, 4.69) is 5.32 Å². The lowest BCUT2D eigenvalue weighted by Crippen LogP contribution is -2.21. The lowest BCUT2D eigenvalue weighted by atomic mass is 10.2. The quantitative estimate of drug-likeness (QED) is 0.807. The smallest absolute Gasteiger partial charge is 0.244 e. The first-order chi connectivity index (χ1) is 7.65. The summed E-state index contributed by atoms with van der Waals surface area (Å²) in [5.74, 6) is -0.687. The second kappa shape index (κ2) is 6.28. The van der Waals surface area contributed by atoms with Crippen LogP contribution >= 0.6 is 11.6 Å². The first-order valence-corrected chi connectivity index (χ1v) is 5.43. The van der Waals surface area contributed by atoms with Gasteiger partial charge in [-0.15, -0.1) is 0 Å². The Bertz CT molecular complexity index is 384. The Kier molecular flexibility index (Phi) is 4.99. The van der Waals surface area contributed by atoms with Crippen LogP contribution in [-0.2, 0) is 4.79 Å². The zero-order valence-electron chi connectivity index (χ0n) is 8.97. The molecule has 0 unspecified atom stereocenters. The van der Waals surface area contributed by atoms with Crippen molar-refractivity contribution in [2.75, 3.05) is 6.54 Å². The van der Waals surface area contributed by atoms with E-state index in [1.165, 1.54) is 24.3 Å². The van der Waals surface area contributed by atoms with E-state index in [4.69, 9.17) is 11.6 Å². The maximum absolute atomic E-state index is 13.3. The van der Waals surface area contributed by atoms with Crippen molar-refractivity contribution in [2.45, 2.75) is 13.3 Å². The van der Waals surface area contributed by atoms with Gasteiger partial charge in [-0.1, -0.05) is 24.6 Å². The average Bonchev–Trinajstić information content (AvgIpc) is 2.25. The molecule has 0 atom stereocenters. The van der Waals surface area contributed by atoms with E-state index in [0.717, 1.165) is 6.42 Å². The molecule has 1 N–H and O–H groups in total. The van der Waals surface area contributed by atoms with Gasteiger partial charge in [0.2, 0.25) is 5.91 Å². The minimum absolute atomic E-state index is 0.232. The highest BCUT2D eigenvalue weighted by Gasteiger charge is 2.03. The molecular formula is C12H13ClFNO. The maximum Gasteiger partial charge on any atom is 0.244 e. The second-order valence-corrected chi connectivity index (χ2v) is 3.67. The summed E-state index contributed by atoms with van der Waals surface area (Å²) in [7, 11) is 0. The highest BCUT2D eigenvalue weighted by atomic mass is 35.5. The molecular weight excluding hydrogens is 229 g/mol. The largest absolute Gasteiger partial charge is 0.353 e. The Morgan fingerprint density at radius 1 is 1.56 bits per heavy atom. The molecule has 0 fully saturated rings. The van der Waals surface area contributed by atoms with Crippen molar-refractivity contribution in [1.29, 1.82) is 0 Å². The molecule has 1 amide bonds. The minimum Gasteiger partial charge on any atom is -0.353 e. The third kappa shape index (κ3) is 3.66. The van der Waals surface area contributed by atoms with Crippen LogP contribution in [0.2, 0.25) is 5.02 Å². The monoisotopic (exact) mass is 241 g/mol. The number of rotatable bonds is 4. The standard InChI is InChI=1S/C12H13ClFNO/c1-2-8-15-12(16)7-6-9-10(13)4-3-5-11(9)14/h3-7H,2,8H2,1H3,(H,15,16). The predicted octanol–water partition coefficient (Wildman–Crippen LogP) is 3.02. The number of hydrogen-bond acceptors (Lipinski definition) is 1. The predicted molar refractivity (Wildman–Crippen MR) is 63.7 cm³/mol. The van der Waals surface area contributed by atoms with E-state index in [0.29, 0.717) is 11.6 Å². The van der Waals surface area contributed by atoms with Crippen LogP contribution in [0.3, 0.4) is 0 Å². The summed E-state index contributed by atoms with van der Waals surface area (Å²) in [6, 6.07) is 4.40. The number of halogens is 2. The average molecular weight is 242 g/mol. The van der Waals surface area contributed by atoms with Gasteiger partial charge < -0.3 is 5.32 Å². The van der Waals surface area contributed by atoms with E-state index >= 15 is 0 Å². The van der Waals surface area contributed by atoms with Crippen LogP contribution < -0.4 is 5.32 Å². The van der Waals surface area contributed by atoms with Gasteiger partial charge in [0, 0.05) is 18.2 Å². The number of hydrogen-bond donors (Lipinski definition) is 1. The molecule has 2 nitrogen and oxygen atoms in total. The lowest BCUT2D eigenvalue weighted by molar-refractivity contribution is -0.116. The van der Waals surface area contributed by atoms with Crippen molar-refractivity contribution in [3.05, 3.63) is 40.7 Å². The molecule has 0 aliphatic carbocycles. The molecule has 0 heterocycles. The highest BCUT2D eigenvalue weighted by Crippen LogP contribution is 2.20. The van der Waals surface area contributed by atoms with Gasteiger partial charge in [0.15, 0.2) is 0 Å². The Hall–Kier alpha value is -1.35. The molecule has 0 aliphatic heterocycles. The Labute approximate surface area is 99.1 Å². The Morgan fingerprint density at radius 2 is 2.31 bits per heavy atom. The van der Waals surface area contributed by atoms with E-state index in [-0.39, 0.29) is 11.5 Å². The van der Waals surface area contributed by atoms with Gasteiger partial charge in [0.25, 0.3) is 0 Å². The van der Waals surface area contributed by atoms with Gasteiger partial charge in [-0.3, -0.25) is 4.79 Å². The molecule has 0 radical (unpaired) electrons. The fraction of sp³-hybridized carbons (Fsp3) is 0.250. The fourth-order valence-corrected chi connectivity index (χ4v) is 1.36. The van der Waals surface area contributed by atoms with Gasteiger partial charge in [-0.2, -0.15) is 0 Å². The lowest BCUT2D eigenvalue weighted by Gasteiger charge is -2.00. The third-order valence-electron chi connectivity index (χ3n) is 1.95. The van der Waals surface area contributed by atoms with Crippen LogP contribution in [0, 0.1) is 5.82 Å². The second-order valence-electron chi connectivity index (χ2n) is 3.26. The molecule has 0 aliphatic rings. The van der Waals surface area contributed by atoms with E-state index in [1.807, 2.05) is 6.92 Å². The third-order valence-corrected chi connectivity index (χ3v) is 2.28. The van der Waals surface area contributed by atoms with Crippen molar-refractivity contribution in [3.63, 3.8) is 0 Å². The van der Waals surface area contributed by atoms with Crippen molar-refractivity contribution >= 4 is 23.6 Å². The van der Waals surface area contributed by atoms with Crippen molar-refractivity contribution < 1.29 is 9.18 Å². The fourth-order valence-electron chi connectivity index (χ4n) is 1.14. The number of carbonyl (C=O) groups excluding carboxylic acids is 1. The van der Waals surface area contributed by atoms with Crippen LogP contribution in [-0.4, -0.2) is 12.5 Å². The van der Waals surface area contributed by atoms with Crippen LogP contribution in [0.4, 0.5) is 4.39 Å². The van der Waals surface area contributed by atoms with Crippen molar-refractivity contribution in [1.82, 2.24) is 5.32 Å². The van der Waals surface area contributed by atoms with Crippen LogP contribution in [0.15, 0.2) is 24.3 Å². The van der Waals surface area contributed by atoms with Gasteiger partial charge in [-0.25, -0.2) is 4.39 Å². The number of carbonyl (C=O) groups is 1. The zero-order valence-corrected chi connectivity index (χ0v) is 9.72. The maximum atomic E-state index is 13.3. The Balaban J connectivity index is 2.72. The summed E-state index contributed by atoms with van der Waals surface area (Å²) >= 11 is 5.79. The summed E-state index contributed by atoms with van der Waals surface area (Å²) in [6.45, 7) is 2.56. The summed E-state index contributed by atoms with van der Waals surface area (Å²) in [5.41, 5.74) is 0.232. The molecule has 86 valence electrons. The number of nitrogens with one attached hydrogen (secondary N) is 1. The number of amides is 1. The number of benzene rings is 1. The highest BCUT2D eigenvalue weighted by molar-refractivity contribution is 6.32. The van der Waals surface area contributed by atoms with Gasteiger partial charge in [0.1, 0.15) is 5.82 Å². The molecule has 1 aromatic carbocycles. The Morgan fingerprint density at radius 3 is 2.94 bits per heavy atom. The van der Waals surface area contributed by atoms with E-state index in [1.54, 1.807) is 6.07 Å². The van der Waals surface area contributed by atoms with Gasteiger partial charge >= 0.3 is 0 Å². The summed E-state index contributed by atoms with van der Waals surface area (Å²) in [5, 5.41) is 2.94. The SMILES string of the molecule is CCCNC(=O)C=Cc1c(F)cccc1Cl. The first-order valence-electron chi connectivity index (χ1n) is 5.05. The van der Waals surface area contributed by atoms with Crippen LogP contribution in [0.1, 0.15) is 18.9 Å². The normalized spacial score (nSPS) is 10.7. The minimum atomic E-state index is -0.438. The molecule has 0 spiro atoms. The van der Waals surface area contributed by atoms with E-state index in [9.17, 15) is 9.18 Å². The van der Waals surface area contributed by atoms with Gasteiger partial charge in [0.05, 0.1) is 5.02 Å².